The molecule has 0 aliphatic heterocycles. The van der Waals surface area contributed by atoms with Crippen molar-refractivity contribution in [3.05, 3.63) is 59.2 Å². The van der Waals surface area contributed by atoms with E-state index < -0.39 is 0 Å². The van der Waals surface area contributed by atoms with Crippen molar-refractivity contribution >= 4 is 16.9 Å². The second-order valence-electron chi connectivity index (χ2n) is 6.76. The first-order valence-corrected chi connectivity index (χ1v) is 8.90. The zero-order valence-corrected chi connectivity index (χ0v) is 14.4. The van der Waals surface area contributed by atoms with Crippen LogP contribution in [0.4, 0.5) is 0 Å². The number of aromatic nitrogens is 3. The number of amides is 1. The van der Waals surface area contributed by atoms with Gasteiger partial charge in [-0.05, 0) is 61.4 Å². The number of carbonyl (C=O) groups is 1. The molecule has 0 fully saturated rings. The van der Waals surface area contributed by atoms with Crippen LogP contribution in [0.25, 0.3) is 11.0 Å². The third kappa shape index (κ3) is 3.27. The van der Waals surface area contributed by atoms with Gasteiger partial charge in [-0.3, -0.25) is 4.79 Å². The van der Waals surface area contributed by atoms with Gasteiger partial charge in [-0.1, -0.05) is 35.5 Å². The molecule has 0 spiro atoms. The summed E-state index contributed by atoms with van der Waals surface area (Å²) in [6.45, 7) is 2.21. The highest BCUT2D eigenvalue weighted by Crippen LogP contribution is 2.24. The van der Waals surface area contributed by atoms with Gasteiger partial charge < -0.3 is 5.32 Å². The largest absolute Gasteiger partial charge is 0.348 e. The Balaban J connectivity index is 1.45. The van der Waals surface area contributed by atoms with E-state index in [2.05, 4.69) is 33.8 Å². The van der Waals surface area contributed by atoms with Gasteiger partial charge in [-0.2, -0.15) is 0 Å². The van der Waals surface area contributed by atoms with Crippen molar-refractivity contribution in [2.75, 3.05) is 0 Å². The van der Waals surface area contributed by atoms with E-state index in [0.717, 1.165) is 23.0 Å². The normalized spacial score (nSPS) is 14.9. The molecule has 1 amide bonds. The summed E-state index contributed by atoms with van der Waals surface area (Å²) in [4.78, 5) is 12.4. The number of hydrogen-bond donors (Lipinski definition) is 1. The highest BCUT2D eigenvalue weighted by atomic mass is 16.2. The number of para-hydroxylation sites is 1. The summed E-state index contributed by atoms with van der Waals surface area (Å²) < 4.78 is 1.64. The van der Waals surface area contributed by atoms with Gasteiger partial charge in [-0.25, -0.2) is 4.68 Å². The Morgan fingerprint density at radius 3 is 2.84 bits per heavy atom. The lowest BCUT2D eigenvalue weighted by Gasteiger charge is -2.20. The van der Waals surface area contributed by atoms with Crippen molar-refractivity contribution in [2.45, 2.75) is 45.2 Å². The summed E-state index contributed by atoms with van der Waals surface area (Å²) in [7, 11) is 0. The molecule has 1 atom stereocenters. The van der Waals surface area contributed by atoms with Crippen molar-refractivity contribution in [3.63, 3.8) is 0 Å². The molecule has 3 aromatic rings. The summed E-state index contributed by atoms with van der Waals surface area (Å²) in [6, 6.07) is 14.3. The maximum Gasteiger partial charge on any atom is 0.242 e. The molecule has 0 radical (unpaired) electrons. The Morgan fingerprint density at radius 1 is 1.16 bits per heavy atom. The minimum absolute atomic E-state index is 0.0190. The highest BCUT2D eigenvalue weighted by Gasteiger charge is 2.15. The second kappa shape index (κ2) is 6.67. The average molecular weight is 334 g/mol. The van der Waals surface area contributed by atoms with Crippen LogP contribution < -0.4 is 5.32 Å². The molecular weight excluding hydrogens is 312 g/mol. The smallest absolute Gasteiger partial charge is 0.242 e. The predicted octanol–water partition coefficient (Wildman–Crippen LogP) is 3.19. The number of nitrogens with one attached hydrogen (secondary N) is 1. The molecule has 1 aliphatic rings. The summed E-state index contributed by atoms with van der Waals surface area (Å²) in [5.41, 5.74) is 5.74. The van der Waals surface area contributed by atoms with Crippen molar-refractivity contribution in [1.29, 1.82) is 0 Å². The molecule has 0 saturated heterocycles. The van der Waals surface area contributed by atoms with Gasteiger partial charge in [0.05, 0.1) is 11.6 Å². The molecular formula is C20H22N4O. The first-order valence-electron chi connectivity index (χ1n) is 8.90. The van der Waals surface area contributed by atoms with E-state index >= 15 is 0 Å². The molecule has 0 bridgehead atoms. The van der Waals surface area contributed by atoms with E-state index in [4.69, 9.17) is 0 Å². The quantitative estimate of drug-likeness (QED) is 0.797. The maximum atomic E-state index is 12.4. The molecule has 1 N–H and O–H groups in total. The molecule has 128 valence electrons. The van der Waals surface area contributed by atoms with Crippen LogP contribution in [0.15, 0.2) is 42.5 Å². The number of hydrogen-bond acceptors (Lipinski definition) is 3. The SMILES string of the molecule is CC(NC(=O)Cn1nnc2ccccc21)c1ccc2c(c1)CCCC2. The van der Waals surface area contributed by atoms with Gasteiger partial charge in [-0.15, -0.1) is 5.10 Å². The lowest BCUT2D eigenvalue weighted by Crippen LogP contribution is -2.30. The lowest BCUT2D eigenvalue weighted by molar-refractivity contribution is -0.122. The number of carbonyl (C=O) groups excluding carboxylic acids is 1. The molecule has 0 saturated carbocycles. The molecule has 1 aliphatic carbocycles. The third-order valence-electron chi connectivity index (χ3n) is 4.96. The molecule has 1 unspecified atom stereocenters. The van der Waals surface area contributed by atoms with Crippen LogP contribution in [0.5, 0.6) is 0 Å². The molecule has 5 nitrogen and oxygen atoms in total. The zero-order chi connectivity index (χ0) is 17.2. The number of rotatable bonds is 4. The van der Waals surface area contributed by atoms with E-state index in [1.165, 1.54) is 30.4 Å². The van der Waals surface area contributed by atoms with Crippen molar-refractivity contribution in [1.82, 2.24) is 20.3 Å². The summed E-state index contributed by atoms with van der Waals surface area (Å²) in [5, 5.41) is 11.2. The summed E-state index contributed by atoms with van der Waals surface area (Å²) in [6.07, 6.45) is 4.87. The molecule has 1 heterocycles. The van der Waals surface area contributed by atoms with E-state index in [-0.39, 0.29) is 18.5 Å². The molecule has 4 rings (SSSR count). The third-order valence-corrected chi connectivity index (χ3v) is 4.96. The Labute approximate surface area is 147 Å². The van der Waals surface area contributed by atoms with Crippen LogP contribution in [0.2, 0.25) is 0 Å². The Morgan fingerprint density at radius 2 is 1.96 bits per heavy atom. The van der Waals surface area contributed by atoms with Crippen LogP contribution in [-0.2, 0) is 24.2 Å². The minimum atomic E-state index is -0.0547. The molecule has 2 aromatic carbocycles. The van der Waals surface area contributed by atoms with E-state index in [1.807, 2.05) is 31.2 Å². The van der Waals surface area contributed by atoms with Crippen molar-refractivity contribution in [3.8, 4) is 0 Å². The second-order valence-corrected chi connectivity index (χ2v) is 6.76. The standard InChI is InChI=1S/C20H22N4O/c1-14(16-11-10-15-6-2-3-7-17(15)12-16)21-20(25)13-24-19-9-5-4-8-18(19)22-23-24/h4-5,8-12,14H,2-3,6-7,13H2,1H3,(H,21,25). The predicted molar refractivity (Wildman–Crippen MR) is 97.2 cm³/mol. The van der Waals surface area contributed by atoms with Gasteiger partial charge in [0.25, 0.3) is 0 Å². The first kappa shape index (κ1) is 15.8. The Kier molecular flexibility index (Phi) is 4.22. The Bertz CT molecular complexity index is 915. The van der Waals surface area contributed by atoms with Crippen LogP contribution in [0, 0.1) is 0 Å². The number of nitrogens with zero attached hydrogens (tertiary/aromatic N) is 3. The monoisotopic (exact) mass is 334 g/mol. The number of benzene rings is 2. The van der Waals surface area contributed by atoms with Gasteiger partial charge in [0, 0.05) is 0 Å². The van der Waals surface area contributed by atoms with Gasteiger partial charge in [0.15, 0.2) is 0 Å². The molecule has 25 heavy (non-hydrogen) atoms. The van der Waals surface area contributed by atoms with E-state index in [0.29, 0.717) is 0 Å². The Hall–Kier alpha value is -2.69. The summed E-state index contributed by atoms with van der Waals surface area (Å²) in [5.74, 6) is -0.0547. The van der Waals surface area contributed by atoms with Gasteiger partial charge >= 0.3 is 0 Å². The highest BCUT2D eigenvalue weighted by molar-refractivity contribution is 5.80. The van der Waals surface area contributed by atoms with Crippen molar-refractivity contribution < 1.29 is 4.79 Å². The van der Waals surface area contributed by atoms with Crippen molar-refractivity contribution in [2.24, 2.45) is 0 Å². The average Bonchev–Trinajstić information content (AvgIpc) is 3.04. The topological polar surface area (TPSA) is 59.8 Å². The lowest BCUT2D eigenvalue weighted by atomic mass is 9.89. The maximum absolute atomic E-state index is 12.4. The molecule has 5 heteroatoms. The zero-order valence-electron chi connectivity index (χ0n) is 14.4. The van der Waals surface area contributed by atoms with Crippen LogP contribution in [0.3, 0.4) is 0 Å². The number of fused-ring (bicyclic) bond motifs is 2. The summed E-state index contributed by atoms with van der Waals surface area (Å²) >= 11 is 0. The first-order chi connectivity index (χ1) is 12.2. The molecule has 1 aromatic heterocycles. The van der Waals surface area contributed by atoms with Crippen LogP contribution >= 0.6 is 0 Å². The van der Waals surface area contributed by atoms with Crippen LogP contribution in [-0.4, -0.2) is 20.9 Å². The van der Waals surface area contributed by atoms with Gasteiger partial charge in [0.2, 0.25) is 5.91 Å². The fraction of sp³-hybridized carbons (Fsp3) is 0.350. The van der Waals surface area contributed by atoms with E-state index in [1.54, 1.807) is 4.68 Å². The van der Waals surface area contributed by atoms with Gasteiger partial charge in [0.1, 0.15) is 12.1 Å². The van der Waals surface area contributed by atoms with Crippen LogP contribution in [0.1, 0.15) is 42.5 Å². The van der Waals surface area contributed by atoms with E-state index in [9.17, 15) is 4.79 Å². The number of aryl methyl sites for hydroxylation is 2. The fourth-order valence-electron chi connectivity index (χ4n) is 3.56. The minimum Gasteiger partial charge on any atom is -0.348 e. The fourth-order valence-corrected chi connectivity index (χ4v) is 3.56.